The van der Waals surface area contributed by atoms with Gasteiger partial charge >= 0.3 is 0 Å². The second-order valence-corrected chi connectivity index (χ2v) is 8.18. The van der Waals surface area contributed by atoms with Gasteiger partial charge in [0.2, 0.25) is 0 Å². The van der Waals surface area contributed by atoms with E-state index in [2.05, 4.69) is 43.3 Å². The fourth-order valence-electron chi connectivity index (χ4n) is 3.98. The van der Waals surface area contributed by atoms with E-state index in [0.717, 1.165) is 45.1 Å². The Morgan fingerprint density at radius 1 is 0.963 bits per heavy atom. The van der Waals surface area contributed by atoms with Crippen LogP contribution in [-0.2, 0) is 4.74 Å². The van der Waals surface area contributed by atoms with E-state index >= 15 is 0 Å². The molecule has 0 saturated heterocycles. The smallest absolute Gasteiger partial charge is 0.0662 e. The number of hydrogen-bond donors (Lipinski definition) is 2. The third-order valence-electron chi connectivity index (χ3n) is 5.63. The highest BCUT2D eigenvalue weighted by Gasteiger charge is 2.40. The van der Waals surface area contributed by atoms with E-state index in [9.17, 15) is 5.11 Å². The van der Waals surface area contributed by atoms with Gasteiger partial charge in [-0.1, -0.05) is 37.1 Å². The molecular formula is C23H43NO3. The Kier molecular flexibility index (Phi) is 13.8. The van der Waals surface area contributed by atoms with Gasteiger partial charge in [0, 0.05) is 26.1 Å². The lowest BCUT2D eigenvalue weighted by Gasteiger charge is -2.20. The molecule has 0 aliphatic heterocycles. The van der Waals surface area contributed by atoms with Crippen LogP contribution in [-0.4, -0.2) is 61.7 Å². The van der Waals surface area contributed by atoms with E-state index in [1.807, 2.05) is 0 Å². The summed E-state index contributed by atoms with van der Waals surface area (Å²) in [6, 6.07) is 0. The first-order valence-corrected chi connectivity index (χ1v) is 10.9. The molecule has 0 spiro atoms. The van der Waals surface area contributed by atoms with Crippen molar-refractivity contribution in [2.75, 3.05) is 34.4 Å². The molecule has 1 aliphatic rings. The minimum Gasteiger partial charge on any atom is -0.396 e. The molecule has 0 radical (unpaired) electrons. The Hall–Kier alpha value is -0.680. The maximum absolute atomic E-state index is 10.5. The van der Waals surface area contributed by atoms with E-state index < -0.39 is 0 Å². The fraction of sp³-hybridized carbons (Fsp3) is 0.826. The molecule has 1 unspecified atom stereocenters. The molecule has 1 fully saturated rings. The van der Waals surface area contributed by atoms with Crippen molar-refractivity contribution < 1.29 is 14.9 Å². The highest BCUT2D eigenvalue weighted by molar-refractivity contribution is 5.05. The zero-order chi connectivity index (χ0) is 19.9. The molecule has 4 atom stereocenters. The Labute approximate surface area is 167 Å². The van der Waals surface area contributed by atoms with Crippen LogP contribution in [0.15, 0.2) is 24.3 Å². The van der Waals surface area contributed by atoms with Gasteiger partial charge in [0.25, 0.3) is 0 Å². The van der Waals surface area contributed by atoms with Gasteiger partial charge in [-0.15, -0.1) is 0 Å². The summed E-state index contributed by atoms with van der Waals surface area (Å²) in [5, 5.41) is 19.3. The number of ether oxygens (including phenoxy) is 1. The predicted octanol–water partition coefficient (Wildman–Crippen LogP) is 4.18. The number of unbranched alkanes of at least 4 members (excludes halogenated alkanes) is 6. The van der Waals surface area contributed by atoms with Crippen LogP contribution in [0.5, 0.6) is 0 Å². The van der Waals surface area contributed by atoms with Crippen molar-refractivity contribution >= 4 is 0 Å². The van der Waals surface area contributed by atoms with Crippen molar-refractivity contribution in [2.24, 2.45) is 11.8 Å². The highest BCUT2D eigenvalue weighted by Crippen LogP contribution is 2.38. The van der Waals surface area contributed by atoms with Gasteiger partial charge in [-0.2, -0.15) is 0 Å². The number of nitrogens with zero attached hydrogens (tertiary/aromatic N) is 1. The van der Waals surface area contributed by atoms with Crippen LogP contribution in [0.2, 0.25) is 0 Å². The normalized spacial score (nSPS) is 26.1. The van der Waals surface area contributed by atoms with Gasteiger partial charge in [-0.3, -0.25) is 0 Å². The summed E-state index contributed by atoms with van der Waals surface area (Å²) in [5.41, 5.74) is 0. The molecule has 1 aliphatic carbocycles. The van der Waals surface area contributed by atoms with Crippen molar-refractivity contribution in [2.45, 2.75) is 76.4 Å². The molecule has 0 aromatic carbocycles. The molecule has 158 valence electrons. The zero-order valence-corrected chi connectivity index (χ0v) is 17.9. The van der Waals surface area contributed by atoms with Gasteiger partial charge in [0.15, 0.2) is 0 Å². The van der Waals surface area contributed by atoms with Gasteiger partial charge < -0.3 is 19.8 Å². The largest absolute Gasteiger partial charge is 0.396 e. The monoisotopic (exact) mass is 381 g/mol. The summed E-state index contributed by atoms with van der Waals surface area (Å²) in [6.07, 6.45) is 19.6. The Bertz CT molecular complexity index is 408. The first-order chi connectivity index (χ1) is 13.1. The third kappa shape index (κ3) is 10.4. The molecule has 0 heterocycles. The number of hydrogen-bond acceptors (Lipinski definition) is 4. The van der Waals surface area contributed by atoms with Gasteiger partial charge in [-0.25, -0.2) is 0 Å². The van der Waals surface area contributed by atoms with E-state index in [1.54, 1.807) is 7.11 Å². The standard InChI is InChI=1S/C23H43NO3/c1-24(2)17-13-9-6-8-11-15-20-21(23(27-3)19-22(20)26)16-12-7-4-5-10-14-18-25/h8,11-12,16,20-23,25-26H,4-7,9-10,13-15,17-19H2,1-3H3/b11-8-,16-12+/t20?,21-,22+,23-/m1/s1. The Balaban J connectivity index is 2.38. The van der Waals surface area contributed by atoms with Gasteiger partial charge in [0.1, 0.15) is 0 Å². The second kappa shape index (κ2) is 15.3. The number of aliphatic hydroxyl groups excluding tert-OH is 2. The van der Waals surface area contributed by atoms with Crippen molar-refractivity contribution in [3.05, 3.63) is 24.3 Å². The lowest BCUT2D eigenvalue weighted by molar-refractivity contribution is 0.0749. The Morgan fingerprint density at radius 3 is 2.37 bits per heavy atom. The topological polar surface area (TPSA) is 52.9 Å². The van der Waals surface area contributed by atoms with Crippen LogP contribution < -0.4 is 0 Å². The van der Waals surface area contributed by atoms with Crippen LogP contribution in [0.4, 0.5) is 0 Å². The highest BCUT2D eigenvalue weighted by atomic mass is 16.5. The van der Waals surface area contributed by atoms with Crippen LogP contribution in [0.25, 0.3) is 0 Å². The van der Waals surface area contributed by atoms with E-state index in [-0.39, 0.29) is 18.1 Å². The summed E-state index contributed by atoms with van der Waals surface area (Å²) < 4.78 is 5.65. The molecule has 27 heavy (non-hydrogen) atoms. The summed E-state index contributed by atoms with van der Waals surface area (Å²) in [4.78, 5) is 2.23. The zero-order valence-electron chi connectivity index (χ0n) is 17.9. The summed E-state index contributed by atoms with van der Waals surface area (Å²) >= 11 is 0. The lowest BCUT2D eigenvalue weighted by Crippen LogP contribution is -2.21. The van der Waals surface area contributed by atoms with Crippen molar-refractivity contribution in [1.29, 1.82) is 0 Å². The van der Waals surface area contributed by atoms with E-state index in [0.29, 0.717) is 12.5 Å². The van der Waals surface area contributed by atoms with Crippen LogP contribution in [0, 0.1) is 11.8 Å². The molecule has 0 aromatic heterocycles. The SMILES string of the molecule is CO[C@@H]1C[C@H](O)C(C/C=C\CCCCN(C)C)[C@H]1/C=C/CCCCCCO. The molecule has 1 saturated carbocycles. The minimum absolute atomic E-state index is 0.129. The molecule has 2 N–H and O–H groups in total. The number of allylic oxidation sites excluding steroid dienone is 3. The van der Waals surface area contributed by atoms with Crippen LogP contribution in [0.3, 0.4) is 0 Å². The minimum atomic E-state index is -0.271. The molecule has 0 bridgehead atoms. The van der Waals surface area contributed by atoms with E-state index in [1.165, 1.54) is 25.7 Å². The number of aliphatic hydroxyl groups is 2. The fourth-order valence-corrected chi connectivity index (χ4v) is 3.98. The van der Waals surface area contributed by atoms with Gasteiger partial charge in [0.05, 0.1) is 12.2 Å². The average Bonchev–Trinajstić information content (AvgIpc) is 2.95. The van der Waals surface area contributed by atoms with Crippen LogP contribution >= 0.6 is 0 Å². The third-order valence-corrected chi connectivity index (χ3v) is 5.63. The summed E-state index contributed by atoms with van der Waals surface area (Å²) in [6.45, 7) is 1.45. The first kappa shape index (κ1) is 24.4. The quantitative estimate of drug-likeness (QED) is 0.330. The maximum Gasteiger partial charge on any atom is 0.0662 e. The van der Waals surface area contributed by atoms with Crippen molar-refractivity contribution in [3.8, 4) is 0 Å². The molecule has 4 nitrogen and oxygen atoms in total. The predicted molar refractivity (Wildman–Crippen MR) is 114 cm³/mol. The average molecular weight is 382 g/mol. The molecule has 0 amide bonds. The summed E-state index contributed by atoms with van der Waals surface area (Å²) in [5.74, 6) is 0.569. The molecule has 4 heteroatoms. The first-order valence-electron chi connectivity index (χ1n) is 10.9. The molecule has 1 rings (SSSR count). The van der Waals surface area contributed by atoms with Crippen molar-refractivity contribution in [1.82, 2.24) is 4.90 Å². The van der Waals surface area contributed by atoms with Gasteiger partial charge in [-0.05, 0) is 71.5 Å². The second-order valence-electron chi connectivity index (χ2n) is 8.18. The Morgan fingerprint density at radius 2 is 1.67 bits per heavy atom. The lowest BCUT2D eigenvalue weighted by atomic mass is 9.89. The van der Waals surface area contributed by atoms with E-state index in [4.69, 9.17) is 9.84 Å². The maximum atomic E-state index is 10.5. The van der Waals surface area contributed by atoms with Crippen LogP contribution in [0.1, 0.15) is 64.2 Å². The molecular weight excluding hydrogens is 338 g/mol. The van der Waals surface area contributed by atoms with Crippen molar-refractivity contribution in [3.63, 3.8) is 0 Å². The number of methoxy groups -OCH3 is 1. The number of rotatable bonds is 15. The summed E-state index contributed by atoms with van der Waals surface area (Å²) in [7, 11) is 5.99. The molecule has 0 aromatic rings.